The predicted molar refractivity (Wildman–Crippen MR) is 13.8 cm³/mol. The highest BCUT2D eigenvalue weighted by Crippen LogP contribution is 1.74. The van der Waals surface area contributed by atoms with Gasteiger partial charge in [-0.1, -0.05) is 0 Å². The highest BCUT2D eigenvalue weighted by molar-refractivity contribution is 3.15. The molecule has 0 rings (SSSR count). The minimum atomic E-state index is 3.36. The van der Waals surface area contributed by atoms with Gasteiger partial charge in [0.2, 0.25) is 0 Å². The molecule has 0 amide bonds. The molecule has 0 saturated carbocycles. The molecule has 7 nitrogen and oxygen atoms in total. The molecule has 0 aromatic rings. The van der Waals surface area contributed by atoms with Crippen LogP contribution < -0.4 is 11.8 Å². The molecule has 0 atom stereocenters. The molecule has 0 saturated heterocycles. The van der Waals surface area contributed by atoms with Crippen LogP contribution in [0, 0.1) is 0 Å². The maximum Gasteiger partial charge on any atom is -0.00194 e. The van der Waals surface area contributed by atoms with Crippen molar-refractivity contribution in [1.29, 1.82) is 0 Å². The van der Waals surface area contributed by atoms with Crippen LogP contribution in [0.1, 0.15) is 0 Å². The molecular weight excluding hydrogens is 108 g/mol. The molecule has 7 heavy (non-hydrogen) atoms. The molecule has 44 valence electrons. The van der Waals surface area contributed by atoms with Gasteiger partial charge in [-0.25, -0.2) is 0 Å². The molecule has 4 N–H and O–H groups in total. The average molecular weight is 112 g/mol. The molecule has 0 aliphatic carbocycles. The highest BCUT2D eigenvalue weighted by Gasteiger charge is 1.81. The van der Waals surface area contributed by atoms with Gasteiger partial charge in [-0.15, -0.1) is 9.98 Å². The normalized spacial score (nSPS) is 9.43. The number of hydrogen-bond donors (Lipinski definition) is 2. The van der Waals surface area contributed by atoms with Crippen molar-refractivity contribution in [1.82, 2.24) is 0 Å². The van der Waals surface area contributed by atoms with Crippen molar-refractivity contribution < 1.29 is 25.1 Å². The third-order valence-corrected chi connectivity index (χ3v) is 0.134. The Kier molecular flexibility index (Phi) is 5.49. The molecule has 0 radical (unpaired) electrons. The van der Waals surface area contributed by atoms with Crippen LogP contribution in [0.3, 0.4) is 0 Å². The van der Waals surface area contributed by atoms with Crippen LogP contribution in [0.5, 0.6) is 0 Å². The molecule has 0 spiro atoms. The first-order chi connectivity index (χ1) is 3.41. The van der Waals surface area contributed by atoms with Crippen molar-refractivity contribution in [2.45, 2.75) is 0 Å². The van der Waals surface area contributed by atoms with Crippen LogP contribution >= 0.6 is 0 Å². The smallest absolute Gasteiger partial charge is 0.00194 e. The van der Waals surface area contributed by atoms with Crippen LogP contribution in [-0.4, -0.2) is 0 Å². The van der Waals surface area contributed by atoms with Crippen molar-refractivity contribution in [2.75, 3.05) is 0 Å². The van der Waals surface area contributed by atoms with Gasteiger partial charge in [-0.3, -0.25) is 0 Å². The van der Waals surface area contributed by atoms with Crippen molar-refractivity contribution in [3.05, 3.63) is 0 Å². The third-order valence-electron chi connectivity index (χ3n) is 0.134. The van der Waals surface area contributed by atoms with Gasteiger partial charge in [0.25, 0.3) is 0 Å². The van der Waals surface area contributed by atoms with Gasteiger partial charge in [-0.05, 0) is 15.1 Å². The Morgan fingerprint density at radius 1 is 0.714 bits per heavy atom. The summed E-state index contributed by atoms with van der Waals surface area (Å²) in [6.07, 6.45) is 0. The summed E-state index contributed by atoms with van der Waals surface area (Å²) in [6.45, 7) is 0. The Labute approximate surface area is 38.2 Å². The van der Waals surface area contributed by atoms with Gasteiger partial charge in [0, 0.05) is 0 Å². The predicted octanol–water partition coefficient (Wildman–Crippen LogP) is -1.52. The van der Waals surface area contributed by atoms with Gasteiger partial charge in [0.05, 0.1) is 0 Å². The van der Waals surface area contributed by atoms with Crippen molar-refractivity contribution in [2.24, 2.45) is 11.8 Å². The van der Waals surface area contributed by atoms with E-state index >= 15 is 0 Å². The van der Waals surface area contributed by atoms with Gasteiger partial charge >= 0.3 is 0 Å². The number of rotatable bonds is 4. The lowest BCUT2D eigenvalue weighted by Crippen LogP contribution is -2.05. The third kappa shape index (κ3) is 5.72. The first kappa shape index (κ1) is 6.72. The van der Waals surface area contributed by atoms with Crippen LogP contribution in [0.2, 0.25) is 0 Å². The van der Waals surface area contributed by atoms with Crippen LogP contribution in [0.15, 0.2) is 0 Å². The second kappa shape index (κ2) is 5.72. The minimum Gasteiger partial charge on any atom is -0.180 e. The molecule has 0 unspecified atom stereocenters. The molecule has 0 aromatic heterocycles. The van der Waals surface area contributed by atoms with Crippen molar-refractivity contribution in [3.8, 4) is 0 Å². The van der Waals surface area contributed by atoms with E-state index in [-0.39, 0.29) is 0 Å². The Hall–Kier alpha value is -0.280. The Morgan fingerprint density at radius 2 is 1.14 bits per heavy atom. The largest absolute Gasteiger partial charge is 0.180 e. The van der Waals surface area contributed by atoms with Crippen LogP contribution in [0.25, 0.3) is 0 Å². The van der Waals surface area contributed by atoms with E-state index in [2.05, 4.69) is 36.9 Å². The van der Waals surface area contributed by atoms with E-state index in [9.17, 15) is 0 Å². The molecule has 0 bridgehead atoms. The van der Waals surface area contributed by atoms with E-state index in [1.54, 1.807) is 0 Å². The molecular formula is H4N2O5. The first-order valence-electron chi connectivity index (χ1n) is 1.14. The lowest BCUT2D eigenvalue weighted by molar-refractivity contribution is -0.711. The number of nitrogens with two attached hydrogens (primary N) is 2. The SMILES string of the molecule is NOOOOON. The zero-order chi connectivity index (χ0) is 5.54. The summed E-state index contributed by atoms with van der Waals surface area (Å²) < 4.78 is 0. The average Bonchev–Trinajstić information content (AvgIpc) is 1.69. The second-order valence-electron chi connectivity index (χ2n) is 0.397. The van der Waals surface area contributed by atoms with E-state index in [1.165, 1.54) is 0 Å². The fraction of sp³-hybridized carbons (Fsp3) is 0. The summed E-state index contributed by atoms with van der Waals surface area (Å²) in [5, 5.41) is 10.3. The first-order valence-corrected chi connectivity index (χ1v) is 1.14. The van der Waals surface area contributed by atoms with E-state index in [0.29, 0.717) is 0 Å². The summed E-state index contributed by atoms with van der Waals surface area (Å²) in [5.41, 5.74) is 0. The Bertz CT molecular complexity index is 25.3. The summed E-state index contributed by atoms with van der Waals surface area (Å²) in [4.78, 5) is 6.72. The Balaban J connectivity index is 2.45. The fourth-order valence-corrected chi connectivity index (χ4v) is 0.0434. The van der Waals surface area contributed by atoms with E-state index in [4.69, 9.17) is 0 Å². The summed E-state index contributed by atoms with van der Waals surface area (Å²) >= 11 is 0. The zero-order valence-electron chi connectivity index (χ0n) is 3.20. The summed E-state index contributed by atoms with van der Waals surface area (Å²) in [6, 6.07) is 0. The van der Waals surface area contributed by atoms with Crippen molar-refractivity contribution in [3.63, 3.8) is 0 Å². The monoisotopic (exact) mass is 112 g/mol. The topological polar surface area (TPSA) is 98.2 Å². The molecule has 0 aliphatic heterocycles. The van der Waals surface area contributed by atoms with E-state index < -0.39 is 0 Å². The molecule has 0 aromatic carbocycles. The standard InChI is InChI=1S/H4N2O5/c1-3-5-7-6-4-2/h1-2H2. The quantitative estimate of drug-likeness (QED) is 0.259. The molecule has 0 aliphatic rings. The summed E-state index contributed by atoms with van der Waals surface area (Å²) in [5.74, 6) is 8.49. The fourth-order valence-electron chi connectivity index (χ4n) is 0.0434. The maximum atomic E-state index is 4.25. The minimum absolute atomic E-state index is 3.36. The number of hydrogen-bond acceptors (Lipinski definition) is 7. The van der Waals surface area contributed by atoms with Crippen LogP contribution in [-0.2, 0) is 25.1 Å². The lowest BCUT2D eigenvalue weighted by Gasteiger charge is -1.90. The highest BCUT2D eigenvalue weighted by atomic mass is 17.8. The molecule has 0 heterocycles. The molecule has 0 fully saturated rings. The van der Waals surface area contributed by atoms with Crippen molar-refractivity contribution >= 4 is 0 Å². The maximum absolute atomic E-state index is 4.25. The second-order valence-corrected chi connectivity index (χ2v) is 0.397. The van der Waals surface area contributed by atoms with Crippen LogP contribution in [0.4, 0.5) is 0 Å². The van der Waals surface area contributed by atoms with Gasteiger partial charge < -0.3 is 0 Å². The van der Waals surface area contributed by atoms with Gasteiger partial charge in [0.15, 0.2) is 0 Å². The lowest BCUT2D eigenvalue weighted by atomic mass is 13.5. The summed E-state index contributed by atoms with van der Waals surface area (Å²) in [7, 11) is 0. The van der Waals surface area contributed by atoms with E-state index in [0.717, 1.165) is 0 Å². The Morgan fingerprint density at radius 3 is 1.43 bits per heavy atom. The van der Waals surface area contributed by atoms with Gasteiger partial charge in [0.1, 0.15) is 0 Å². The van der Waals surface area contributed by atoms with E-state index in [1.807, 2.05) is 0 Å². The van der Waals surface area contributed by atoms with Gasteiger partial charge in [-0.2, -0.15) is 11.8 Å². The zero-order valence-corrected chi connectivity index (χ0v) is 3.20. The molecule has 7 heteroatoms.